The number of carbonyl (C=O) groups excluding carboxylic acids is 3. The number of nitrogens with zero attached hydrogens (tertiary/aromatic N) is 1. The molecule has 2 fully saturated rings. The Kier molecular flexibility index (Phi) is 6.63. The van der Waals surface area contributed by atoms with E-state index in [-0.39, 0.29) is 37.0 Å². The van der Waals surface area contributed by atoms with Gasteiger partial charge in [0.05, 0.1) is 6.04 Å². The van der Waals surface area contributed by atoms with E-state index in [1.807, 2.05) is 5.32 Å². The van der Waals surface area contributed by atoms with Gasteiger partial charge in [-0.25, -0.2) is 13.6 Å². The molecule has 1 aromatic rings. The minimum Gasteiger partial charge on any atom is -0.444 e. The van der Waals surface area contributed by atoms with Crippen molar-refractivity contribution in [3.05, 3.63) is 29.3 Å². The van der Waals surface area contributed by atoms with Gasteiger partial charge in [-0.15, -0.1) is 0 Å². The predicted octanol–water partition coefficient (Wildman–Crippen LogP) is 1.01. The monoisotopic (exact) mass is 410 g/mol. The van der Waals surface area contributed by atoms with Crippen LogP contribution in [0.3, 0.4) is 0 Å². The number of carbonyl (C=O) groups is 3. The topological polar surface area (TPSA) is 99.8 Å². The number of hydrogen-bond acceptors (Lipinski definition) is 6. The second-order valence-corrected chi connectivity index (χ2v) is 7.38. The van der Waals surface area contributed by atoms with Crippen molar-refractivity contribution in [3.8, 4) is 0 Å². The third kappa shape index (κ3) is 5.20. The highest BCUT2D eigenvalue weighted by atomic mass is 19.1. The molecule has 3 amide bonds. The fourth-order valence-electron chi connectivity index (χ4n) is 3.33. The summed E-state index contributed by atoms with van der Waals surface area (Å²) in [5, 5.41) is 7.73. The van der Waals surface area contributed by atoms with Crippen LogP contribution in [0.25, 0.3) is 0 Å². The average molecular weight is 410 g/mol. The Morgan fingerprint density at radius 2 is 1.97 bits per heavy atom. The van der Waals surface area contributed by atoms with Gasteiger partial charge in [-0.1, -0.05) is 6.92 Å². The van der Waals surface area contributed by atoms with Crippen LogP contribution < -0.4 is 20.9 Å². The Balaban J connectivity index is 1.52. The summed E-state index contributed by atoms with van der Waals surface area (Å²) in [4.78, 5) is 35.1. The first-order valence-corrected chi connectivity index (χ1v) is 9.52. The molecule has 0 spiro atoms. The molecule has 2 heterocycles. The number of nitrogens with one attached hydrogen (secondary N) is 3. The molecule has 1 unspecified atom stereocenters. The zero-order valence-electron chi connectivity index (χ0n) is 16.0. The van der Waals surface area contributed by atoms with Crippen molar-refractivity contribution >= 4 is 24.1 Å². The molecule has 0 aliphatic carbocycles. The van der Waals surface area contributed by atoms with Gasteiger partial charge in [0.15, 0.2) is 0 Å². The molecule has 1 atom stereocenters. The molecule has 3 rings (SSSR count). The predicted molar refractivity (Wildman–Crippen MR) is 100 cm³/mol. The fraction of sp³-hybridized carbons (Fsp3) is 0.526. The van der Waals surface area contributed by atoms with E-state index in [2.05, 4.69) is 10.6 Å². The quantitative estimate of drug-likeness (QED) is 0.553. The summed E-state index contributed by atoms with van der Waals surface area (Å²) in [7, 11) is 0. The molecule has 2 aliphatic heterocycles. The molecule has 0 saturated carbocycles. The molecule has 29 heavy (non-hydrogen) atoms. The highest BCUT2D eigenvalue weighted by Crippen LogP contribution is 2.31. The molecular formula is C19H24F2N4O4. The van der Waals surface area contributed by atoms with Crippen LogP contribution in [0.4, 0.5) is 19.3 Å². The molecule has 10 heteroatoms. The standard InChI is InChI=1S/C19H24F2N4O4/c1-11(2-3-17(27)23-10-26)18-15(20)4-13(5-16(18)21)25-8-12(9-25)24-19(28)29-14-6-22-7-14/h4-5,10-12,14,22H,2-3,6-9H2,1H3,(H,24,28)(H,23,26,27). The lowest BCUT2D eigenvalue weighted by atomic mass is 9.94. The van der Waals surface area contributed by atoms with Crippen LogP contribution in [0.5, 0.6) is 0 Å². The summed E-state index contributed by atoms with van der Waals surface area (Å²) in [6.45, 7) is 3.78. The summed E-state index contributed by atoms with van der Waals surface area (Å²) < 4.78 is 34.2. The van der Waals surface area contributed by atoms with Crippen LogP contribution in [0.15, 0.2) is 12.1 Å². The van der Waals surface area contributed by atoms with Crippen LogP contribution in [0, 0.1) is 11.6 Å². The Hall–Kier alpha value is -2.75. The van der Waals surface area contributed by atoms with Crippen molar-refractivity contribution in [2.45, 2.75) is 37.8 Å². The van der Waals surface area contributed by atoms with Gasteiger partial charge in [0, 0.05) is 43.9 Å². The number of alkyl carbamates (subject to hydrolysis) is 1. The average Bonchev–Trinajstić information content (AvgIpc) is 2.58. The van der Waals surface area contributed by atoms with Gasteiger partial charge < -0.3 is 20.3 Å². The van der Waals surface area contributed by atoms with E-state index in [0.29, 0.717) is 31.9 Å². The number of anilines is 1. The maximum Gasteiger partial charge on any atom is 0.407 e. The lowest BCUT2D eigenvalue weighted by molar-refractivity contribution is -0.125. The molecule has 2 saturated heterocycles. The minimum atomic E-state index is -0.684. The second-order valence-electron chi connectivity index (χ2n) is 7.38. The van der Waals surface area contributed by atoms with Crippen LogP contribution >= 0.6 is 0 Å². The first kappa shape index (κ1) is 21.0. The molecule has 8 nitrogen and oxygen atoms in total. The van der Waals surface area contributed by atoms with E-state index in [1.54, 1.807) is 11.8 Å². The van der Waals surface area contributed by atoms with Gasteiger partial charge in [-0.3, -0.25) is 14.9 Å². The van der Waals surface area contributed by atoms with Crippen molar-refractivity contribution in [3.63, 3.8) is 0 Å². The van der Waals surface area contributed by atoms with Crippen LogP contribution in [0.2, 0.25) is 0 Å². The largest absolute Gasteiger partial charge is 0.444 e. The first-order valence-electron chi connectivity index (χ1n) is 9.52. The van der Waals surface area contributed by atoms with Crippen molar-refractivity contribution in [1.82, 2.24) is 16.0 Å². The van der Waals surface area contributed by atoms with Gasteiger partial charge in [-0.05, 0) is 24.5 Å². The van der Waals surface area contributed by atoms with E-state index in [9.17, 15) is 23.2 Å². The normalized spacial score (nSPS) is 17.7. The summed E-state index contributed by atoms with van der Waals surface area (Å²) in [5.74, 6) is -2.38. The third-order valence-corrected chi connectivity index (χ3v) is 5.17. The summed E-state index contributed by atoms with van der Waals surface area (Å²) in [5.41, 5.74) is 0.310. The van der Waals surface area contributed by atoms with E-state index >= 15 is 0 Å². The number of ether oxygens (including phenoxy) is 1. The third-order valence-electron chi connectivity index (χ3n) is 5.17. The SMILES string of the molecule is CC(CCC(=O)NC=O)c1c(F)cc(N2CC(NC(=O)OC3CNC3)C2)cc1F. The molecule has 1 aromatic carbocycles. The number of hydrogen-bond donors (Lipinski definition) is 3. The lowest BCUT2D eigenvalue weighted by Gasteiger charge is -2.41. The maximum atomic E-state index is 14.5. The van der Waals surface area contributed by atoms with Crippen molar-refractivity contribution in [1.29, 1.82) is 0 Å². The summed E-state index contributed by atoms with van der Waals surface area (Å²) in [6, 6.07) is 2.38. The van der Waals surface area contributed by atoms with E-state index in [0.717, 1.165) is 0 Å². The van der Waals surface area contributed by atoms with Gasteiger partial charge >= 0.3 is 6.09 Å². The number of halogens is 2. The Bertz CT molecular complexity index is 758. The van der Waals surface area contributed by atoms with Crippen LogP contribution in [-0.2, 0) is 14.3 Å². The zero-order valence-corrected chi connectivity index (χ0v) is 16.0. The van der Waals surface area contributed by atoms with E-state index in [4.69, 9.17) is 4.74 Å². The highest BCUT2D eigenvalue weighted by Gasteiger charge is 2.31. The van der Waals surface area contributed by atoms with E-state index < -0.39 is 29.6 Å². The molecule has 2 aliphatic rings. The molecular weight excluding hydrogens is 386 g/mol. The van der Waals surface area contributed by atoms with Crippen molar-refractivity contribution < 1.29 is 27.9 Å². The summed E-state index contributed by atoms with van der Waals surface area (Å²) in [6.07, 6.45) is -0.105. The highest BCUT2D eigenvalue weighted by molar-refractivity contribution is 5.85. The molecule has 158 valence electrons. The lowest BCUT2D eigenvalue weighted by Crippen LogP contribution is -2.60. The summed E-state index contributed by atoms with van der Waals surface area (Å²) >= 11 is 0. The van der Waals surface area contributed by atoms with Gasteiger partial charge in [0.1, 0.15) is 17.7 Å². The van der Waals surface area contributed by atoms with E-state index in [1.165, 1.54) is 12.1 Å². The van der Waals surface area contributed by atoms with Gasteiger partial charge in [0.2, 0.25) is 12.3 Å². The molecule has 0 radical (unpaired) electrons. The Morgan fingerprint density at radius 3 is 2.52 bits per heavy atom. The van der Waals surface area contributed by atoms with Crippen LogP contribution in [0.1, 0.15) is 31.2 Å². The number of rotatable bonds is 8. The number of benzene rings is 1. The maximum absolute atomic E-state index is 14.5. The van der Waals surface area contributed by atoms with Crippen molar-refractivity contribution in [2.24, 2.45) is 0 Å². The van der Waals surface area contributed by atoms with Gasteiger partial charge in [-0.2, -0.15) is 0 Å². The molecule has 0 aromatic heterocycles. The van der Waals surface area contributed by atoms with Gasteiger partial charge in [0.25, 0.3) is 0 Å². The minimum absolute atomic E-state index is 0.00691. The Morgan fingerprint density at radius 1 is 1.31 bits per heavy atom. The Labute approximate surface area is 167 Å². The zero-order chi connectivity index (χ0) is 21.0. The molecule has 3 N–H and O–H groups in total. The second kappa shape index (κ2) is 9.17. The fourth-order valence-corrected chi connectivity index (χ4v) is 3.33. The van der Waals surface area contributed by atoms with Crippen LogP contribution in [-0.4, -0.2) is 56.7 Å². The first-order chi connectivity index (χ1) is 13.9. The number of imide groups is 1. The van der Waals surface area contributed by atoms with Crippen molar-refractivity contribution in [2.75, 3.05) is 31.1 Å². The smallest absolute Gasteiger partial charge is 0.407 e. The number of amides is 3. The molecule has 0 bridgehead atoms.